The van der Waals surface area contributed by atoms with Gasteiger partial charge in [-0.3, -0.25) is 4.79 Å². The molecular formula is C21H32O4. The first-order valence-electron chi connectivity index (χ1n) is 9.80. The second-order valence-electron chi connectivity index (χ2n) is 7.51. The van der Waals surface area contributed by atoms with Crippen LogP contribution in [0.15, 0.2) is 11.6 Å². The van der Waals surface area contributed by atoms with Crippen LogP contribution < -0.4 is 0 Å². The number of aliphatic hydroxyl groups is 2. The molecule has 2 aliphatic rings. The molecule has 0 aromatic rings. The van der Waals surface area contributed by atoms with Crippen LogP contribution in [0.5, 0.6) is 0 Å². The van der Waals surface area contributed by atoms with Crippen LogP contribution in [0.3, 0.4) is 0 Å². The highest BCUT2D eigenvalue weighted by Gasteiger charge is 2.46. The number of aliphatic hydroxyl groups excluding tert-OH is 2. The molecule has 2 aliphatic carbocycles. The molecule has 3 N–H and O–H groups in total. The van der Waals surface area contributed by atoms with Crippen LogP contribution in [0, 0.1) is 29.6 Å². The topological polar surface area (TPSA) is 77.8 Å². The summed E-state index contributed by atoms with van der Waals surface area (Å²) in [5.41, 5.74) is 1.41. The number of hydrogen-bond donors (Lipinski definition) is 3. The predicted molar refractivity (Wildman–Crippen MR) is 97.8 cm³/mol. The van der Waals surface area contributed by atoms with Crippen molar-refractivity contribution in [1.29, 1.82) is 0 Å². The summed E-state index contributed by atoms with van der Waals surface area (Å²) in [6, 6.07) is 0. The lowest BCUT2D eigenvalue weighted by molar-refractivity contribution is -0.137. The first-order chi connectivity index (χ1) is 12.0. The Morgan fingerprint density at radius 2 is 2.12 bits per heavy atom. The van der Waals surface area contributed by atoms with Crippen molar-refractivity contribution in [3.63, 3.8) is 0 Å². The van der Waals surface area contributed by atoms with Gasteiger partial charge in [-0.05, 0) is 56.8 Å². The van der Waals surface area contributed by atoms with Crippen LogP contribution in [0.25, 0.3) is 0 Å². The largest absolute Gasteiger partial charge is 0.481 e. The zero-order valence-corrected chi connectivity index (χ0v) is 15.3. The lowest BCUT2D eigenvalue weighted by atomic mass is 9.57. The van der Waals surface area contributed by atoms with Gasteiger partial charge in [0.1, 0.15) is 6.10 Å². The summed E-state index contributed by atoms with van der Waals surface area (Å²) in [6.45, 7) is 2.14. The summed E-state index contributed by atoms with van der Waals surface area (Å²) >= 11 is 0. The standard InChI is InChI=1S/C21H32O4/c1-2-3-4-8-16(22)10-11-18-19-14-15(7-5-6-9-21(24)25)17(19)12-13-20(18)23/h7,16-20,22-23H,2-6,8-9,12-14H2,1H3,(H,24,25)/b15-7+/t16?,17-,18-,19+,20-/m1/s1. The first-order valence-corrected chi connectivity index (χ1v) is 9.80. The summed E-state index contributed by atoms with van der Waals surface area (Å²) in [5, 5.41) is 29.0. The monoisotopic (exact) mass is 348 g/mol. The molecule has 0 aromatic carbocycles. The summed E-state index contributed by atoms with van der Waals surface area (Å²) in [7, 11) is 0. The van der Waals surface area contributed by atoms with Crippen molar-refractivity contribution >= 4 is 5.97 Å². The van der Waals surface area contributed by atoms with Gasteiger partial charge in [0.15, 0.2) is 0 Å². The number of carboxylic acid groups (broad SMARTS) is 1. The van der Waals surface area contributed by atoms with E-state index in [9.17, 15) is 15.0 Å². The maximum atomic E-state index is 10.6. The molecule has 0 spiro atoms. The van der Waals surface area contributed by atoms with Crippen molar-refractivity contribution in [3.8, 4) is 11.8 Å². The second-order valence-corrected chi connectivity index (χ2v) is 7.51. The average Bonchev–Trinajstić information content (AvgIpc) is 2.54. The minimum atomic E-state index is -0.737. The molecule has 2 rings (SSSR count). The van der Waals surface area contributed by atoms with Gasteiger partial charge in [0.2, 0.25) is 0 Å². The molecule has 2 fully saturated rings. The van der Waals surface area contributed by atoms with Crippen LogP contribution in [0.1, 0.15) is 71.1 Å². The fraction of sp³-hybridized carbons (Fsp3) is 0.762. The van der Waals surface area contributed by atoms with Gasteiger partial charge in [0.05, 0.1) is 12.0 Å². The van der Waals surface area contributed by atoms with Crippen LogP contribution >= 0.6 is 0 Å². The van der Waals surface area contributed by atoms with Crippen molar-refractivity contribution in [3.05, 3.63) is 11.6 Å². The number of aliphatic carboxylic acids is 1. The third-order valence-corrected chi connectivity index (χ3v) is 5.61. The van der Waals surface area contributed by atoms with Gasteiger partial charge < -0.3 is 15.3 Å². The maximum Gasteiger partial charge on any atom is 0.303 e. The molecule has 0 heterocycles. The molecule has 0 amide bonds. The number of fused-ring (bicyclic) bond motifs is 1. The highest BCUT2D eigenvalue weighted by Crippen LogP contribution is 2.51. The highest BCUT2D eigenvalue weighted by atomic mass is 16.4. The minimum Gasteiger partial charge on any atom is -0.481 e. The zero-order valence-electron chi connectivity index (χ0n) is 15.3. The van der Waals surface area contributed by atoms with Gasteiger partial charge in [-0.1, -0.05) is 43.3 Å². The quantitative estimate of drug-likeness (QED) is 0.356. The fourth-order valence-electron chi connectivity index (χ4n) is 4.10. The Bertz CT molecular complexity index is 528. The smallest absolute Gasteiger partial charge is 0.303 e. The predicted octanol–water partition coefficient (Wildman–Crippen LogP) is 3.52. The van der Waals surface area contributed by atoms with E-state index in [-0.39, 0.29) is 18.4 Å². The first kappa shape index (κ1) is 20.0. The number of carbonyl (C=O) groups is 1. The molecule has 0 aliphatic heterocycles. The lowest BCUT2D eigenvalue weighted by Crippen LogP contribution is -2.44. The number of carboxylic acids is 1. The van der Waals surface area contributed by atoms with Crippen LogP contribution in [0.2, 0.25) is 0 Å². The lowest BCUT2D eigenvalue weighted by Gasteiger charge is -2.48. The number of hydrogen-bond acceptors (Lipinski definition) is 3. The minimum absolute atomic E-state index is 0.0317. The van der Waals surface area contributed by atoms with Gasteiger partial charge in [-0.25, -0.2) is 0 Å². The Labute approximate surface area is 151 Å². The fourth-order valence-corrected chi connectivity index (χ4v) is 4.10. The van der Waals surface area contributed by atoms with Crippen molar-refractivity contribution in [2.75, 3.05) is 0 Å². The van der Waals surface area contributed by atoms with Crippen molar-refractivity contribution in [1.82, 2.24) is 0 Å². The molecule has 2 saturated carbocycles. The van der Waals surface area contributed by atoms with Crippen LogP contribution in [-0.2, 0) is 4.79 Å². The van der Waals surface area contributed by atoms with Gasteiger partial charge in [0.25, 0.3) is 0 Å². The second kappa shape index (κ2) is 9.99. The van der Waals surface area contributed by atoms with E-state index in [1.807, 2.05) is 0 Å². The molecule has 0 bridgehead atoms. The van der Waals surface area contributed by atoms with E-state index in [1.165, 1.54) is 5.57 Å². The molecule has 0 radical (unpaired) electrons. The molecule has 0 aromatic heterocycles. The SMILES string of the molecule is CCCCCC(O)C#C[C@@H]1[C@H]2C/C(=C\CCCC(=O)O)[C@H]2CC[C@H]1O. The molecule has 25 heavy (non-hydrogen) atoms. The van der Waals surface area contributed by atoms with Crippen molar-refractivity contribution < 1.29 is 20.1 Å². The van der Waals surface area contributed by atoms with E-state index < -0.39 is 12.1 Å². The third-order valence-electron chi connectivity index (χ3n) is 5.61. The Kier molecular flexibility index (Phi) is 7.99. The van der Waals surface area contributed by atoms with Gasteiger partial charge in [0, 0.05) is 6.42 Å². The number of unbranched alkanes of at least 4 members (excludes halogenated alkanes) is 3. The average molecular weight is 348 g/mol. The molecule has 1 unspecified atom stereocenters. The normalized spacial score (nSPS) is 30.8. The van der Waals surface area contributed by atoms with Crippen molar-refractivity contribution in [2.24, 2.45) is 17.8 Å². The summed E-state index contributed by atoms with van der Waals surface area (Å²) < 4.78 is 0. The third kappa shape index (κ3) is 5.87. The number of rotatable bonds is 8. The van der Waals surface area contributed by atoms with E-state index in [0.29, 0.717) is 24.7 Å². The van der Waals surface area contributed by atoms with Crippen LogP contribution in [-0.4, -0.2) is 33.5 Å². The van der Waals surface area contributed by atoms with E-state index in [4.69, 9.17) is 5.11 Å². The molecule has 140 valence electrons. The summed E-state index contributed by atoms with van der Waals surface area (Å²) in [6.07, 6.45) is 9.64. The van der Waals surface area contributed by atoms with Gasteiger partial charge in [-0.15, -0.1) is 0 Å². The maximum absolute atomic E-state index is 10.6. The Hall–Kier alpha value is -1.31. The van der Waals surface area contributed by atoms with E-state index >= 15 is 0 Å². The van der Waals surface area contributed by atoms with Crippen molar-refractivity contribution in [2.45, 2.75) is 83.3 Å². The Balaban J connectivity index is 1.85. The molecular weight excluding hydrogens is 316 g/mol. The molecule has 4 nitrogen and oxygen atoms in total. The summed E-state index contributed by atoms with van der Waals surface area (Å²) in [5.74, 6) is 6.26. The van der Waals surface area contributed by atoms with E-state index in [1.54, 1.807) is 0 Å². The number of allylic oxidation sites excluding steroid dienone is 2. The molecule has 0 saturated heterocycles. The Morgan fingerprint density at radius 1 is 1.32 bits per heavy atom. The van der Waals surface area contributed by atoms with Gasteiger partial charge >= 0.3 is 5.97 Å². The van der Waals surface area contributed by atoms with E-state index in [2.05, 4.69) is 24.8 Å². The highest BCUT2D eigenvalue weighted by molar-refractivity contribution is 5.66. The molecule has 4 heteroatoms. The van der Waals surface area contributed by atoms with Gasteiger partial charge in [-0.2, -0.15) is 0 Å². The van der Waals surface area contributed by atoms with Crippen LogP contribution in [0.4, 0.5) is 0 Å². The van der Waals surface area contributed by atoms with E-state index in [0.717, 1.165) is 44.9 Å². The summed E-state index contributed by atoms with van der Waals surface area (Å²) in [4.78, 5) is 10.6. The zero-order chi connectivity index (χ0) is 18.2. The molecule has 5 atom stereocenters. The Morgan fingerprint density at radius 3 is 2.84 bits per heavy atom.